The van der Waals surface area contributed by atoms with Crippen LogP contribution in [0.1, 0.15) is 19.4 Å². The molecular weight excluding hydrogens is 296 g/mol. The SMILES string of the molecule is CC1(C)SC(=S)N(Cc2ccc3c(c2)OCO3)[C@@H]1NO. The summed E-state index contributed by atoms with van der Waals surface area (Å²) in [5, 5.41) is 9.41. The lowest BCUT2D eigenvalue weighted by Crippen LogP contribution is -2.49. The van der Waals surface area contributed by atoms with Gasteiger partial charge in [0.2, 0.25) is 6.79 Å². The molecule has 0 saturated carbocycles. The quantitative estimate of drug-likeness (QED) is 0.656. The van der Waals surface area contributed by atoms with Crippen molar-refractivity contribution in [2.45, 2.75) is 31.3 Å². The van der Waals surface area contributed by atoms with E-state index in [0.717, 1.165) is 21.4 Å². The molecule has 1 aromatic rings. The Morgan fingerprint density at radius 1 is 1.45 bits per heavy atom. The van der Waals surface area contributed by atoms with Gasteiger partial charge in [0.25, 0.3) is 0 Å². The number of ether oxygens (including phenoxy) is 2. The molecule has 0 amide bonds. The van der Waals surface area contributed by atoms with Crippen molar-refractivity contribution >= 4 is 28.3 Å². The Morgan fingerprint density at radius 3 is 2.95 bits per heavy atom. The topological polar surface area (TPSA) is 54.0 Å². The van der Waals surface area contributed by atoms with Crippen LogP contribution in [0.5, 0.6) is 11.5 Å². The van der Waals surface area contributed by atoms with Gasteiger partial charge in [0.05, 0.1) is 4.75 Å². The third-order valence-electron chi connectivity index (χ3n) is 3.47. The second-order valence-electron chi connectivity index (χ2n) is 5.32. The first-order valence-electron chi connectivity index (χ1n) is 6.29. The molecule has 2 aliphatic heterocycles. The number of thiocarbonyl (C=S) groups is 1. The second kappa shape index (κ2) is 5.07. The summed E-state index contributed by atoms with van der Waals surface area (Å²) in [4.78, 5) is 1.98. The average Bonchev–Trinajstić information content (AvgIpc) is 2.92. The fourth-order valence-electron chi connectivity index (χ4n) is 2.44. The molecule has 108 valence electrons. The van der Waals surface area contributed by atoms with E-state index < -0.39 is 0 Å². The Kier molecular flexibility index (Phi) is 3.53. The summed E-state index contributed by atoms with van der Waals surface area (Å²) in [5.74, 6) is 1.53. The number of thioether (sulfide) groups is 1. The molecule has 5 nitrogen and oxygen atoms in total. The van der Waals surface area contributed by atoms with Gasteiger partial charge in [0.1, 0.15) is 10.5 Å². The molecular formula is C13H16N2O3S2. The maximum atomic E-state index is 9.41. The Labute approximate surface area is 127 Å². The van der Waals surface area contributed by atoms with Gasteiger partial charge in [0, 0.05) is 6.54 Å². The molecule has 2 heterocycles. The molecule has 0 aliphatic carbocycles. The van der Waals surface area contributed by atoms with Gasteiger partial charge in [-0.15, -0.1) is 0 Å². The minimum absolute atomic E-state index is 0.178. The number of nitrogens with zero attached hydrogens (tertiary/aromatic N) is 1. The van der Waals surface area contributed by atoms with E-state index in [0.29, 0.717) is 6.54 Å². The van der Waals surface area contributed by atoms with Gasteiger partial charge in [-0.3, -0.25) is 0 Å². The molecule has 1 atom stereocenters. The number of hydrogen-bond donors (Lipinski definition) is 2. The van der Waals surface area contributed by atoms with Crippen molar-refractivity contribution in [3.8, 4) is 11.5 Å². The highest BCUT2D eigenvalue weighted by Gasteiger charge is 2.44. The highest BCUT2D eigenvalue weighted by Crippen LogP contribution is 2.41. The number of hydroxylamine groups is 1. The van der Waals surface area contributed by atoms with Crippen molar-refractivity contribution in [1.29, 1.82) is 0 Å². The van der Waals surface area contributed by atoms with Crippen molar-refractivity contribution in [3.63, 3.8) is 0 Å². The Hall–Kier alpha value is -1.02. The van der Waals surface area contributed by atoms with E-state index in [-0.39, 0.29) is 17.7 Å². The first-order valence-corrected chi connectivity index (χ1v) is 7.51. The molecule has 0 bridgehead atoms. The number of hydrogen-bond acceptors (Lipinski definition) is 6. The Morgan fingerprint density at radius 2 is 2.20 bits per heavy atom. The third kappa shape index (κ3) is 2.35. The van der Waals surface area contributed by atoms with E-state index in [4.69, 9.17) is 21.7 Å². The van der Waals surface area contributed by atoms with Gasteiger partial charge in [0.15, 0.2) is 11.5 Å². The van der Waals surface area contributed by atoms with Crippen LogP contribution in [-0.2, 0) is 6.54 Å². The number of fused-ring (bicyclic) bond motifs is 1. The third-order valence-corrected chi connectivity index (χ3v) is 5.11. The van der Waals surface area contributed by atoms with Gasteiger partial charge in [-0.2, -0.15) is 5.48 Å². The zero-order valence-corrected chi connectivity index (χ0v) is 12.9. The summed E-state index contributed by atoms with van der Waals surface area (Å²) >= 11 is 7.00. The normalized spacial score (nSPS) is 23.4. The molecule has 0 spiro atoms. The summed E-state index contributed by atoms with van der Waals surface area (Å²) in [7, 11) is 0. The Balaban J connectivity index is 1.82. The fourth-order valence-corrected chi connectivity index (χ4v) is 4.28. The van der Waals surface area contributed by atoms with E-state index in [1.54, 1.807) is 11.8 Å². The minimum atomic E-state index is -0.217. The molecule has 1 saturated heterocycles. The summed E-state index contributed by atoms with van der Waals surface area (Å²) in [6.07, 6.45) is -0.217. The molecule has 0 radical (unpaired) electrons. The van der Waals surface area contributed by atoms with Crippen LogP contribution in [0.4, 0.5) is 0 Å². The van der Waals surface area contributed by atoms with Crippen LogP contribution in [0.2, 0.25) is 0 Å². The lowest BCUT2D eigenvalue weighted by Gasteiger charge is -2.30. The molecule has 1 aromatic carbocycles. The van der Waals surface area contributed by atoms with Gasteiger partial charge in [-0.1, -0.05) is 30.0 Å². The predicted molar refractivity (Wildman–Crippen MR) is 81.1 cm³/mol. The van der Waals surface area contributed by atoms with Crippen LogP contribution >= 0.6 is 24.0 Å². The predicted octanol–water partition coefficient (Wildman–Crippen LogP) is 2.33. The first-order chi connectivity index (χ1) is 9.51. The maximum Gasteiger partial charge on any atom is 0.231 e. The lowest BCUT2D eigenvalue weighted by atomic mass is 10.1. The van der Waals surface area contributed by atoms with Crippen LogP contribution < -0.4 is 15.0 Å². The zero-order chi connectivity index (χ0) is 14.3. The van der Waals surface area contributed by atoms with E-state index in [1.165, 1.54) is 0 Å². The smallest absolute Gasteiger partial charge is 0.231 e. The molecule has 7 heteroatoms. The van der Waals surface area contributed by atoms with Crippen LogP contribution in [-0.4, -0.2) is 32.1 Å². The van der Waals surface area contributed by atoms with Crippen molar-refractivity contribution in [2.24, 2.45) is 0 Å². The van der Waals surface area contributed by atoms with Crippen LogP contribution in [0.25, 0.3) is 0 Å². The van der Waals surface area contributed by atoms with Crippen molar-refractivity contribution in [3.05, 3.63) is 23.8 Å². The van der Waals surface area contributed by atoms with Crippen molar-refractivity contribution < 1.29 is 14.7 Å². The highest BCUT2D eigenvalue weighted by molar-refractivity contribution is 8.24. The number of nitrogens with one attached hydrogen (secondary N) is 1. The Bertz CT molecular complexity index is 550. The summed E-state index contributed by atoms with van der Waals surface area (Å²) in [6, 6.07) is 5.84. The zero-order valence-electron chi connectivity index (χ0n) is 11.3. The van der Waals surface area contributed by atoms with E-state index >= 15 is 0 Å². The van der Waals surface area contributed by atoms with Crippen molar-refractivity contribution in [2.75, 3.05) is 6.79 Å². The van der Waals surface area contributed by atoms with E-state index in [9.17, 15) is 5.21 Å². The largest absolute Gasteiger partial charge is 0.454 e. The summed E-state index contributed by atoms with van der Waals surface area (Å²) in [5.41, 5.74) is 3.43. The highest BCUT2D eigenvalue weighted by atomic mass is 32.2. The monoisotopic (exact) mass is 312 g/mol. The van der Waals surface area contributed by atoms with Gasteiger partial charge in [-0.05, 0) is 31.5 Å². The van der Waals surface area contributed by atoms with Crippen LogP contribution in [0, 0.1) is 0 Å². The summed E-state index contributed by atoms with van der Waals surface area (Å²) in [6.45, 7) is 4.99. The van der Waals surface area contributed by atoms with Crippen LogP contribution in [0.15, 0.2) is 18.2 Å². The second-order valence-corrected chi connectivity index (χ2v) is 7.61. The molecule has 20 heavy (non-hydrogen) atoms. The standard InChI is InChI=1S/C13H16N2O3S2/c1-13(2)11(14-16)15(12(19)20-13)6-8-3-4-9-10(5-8)18-7-17-9/h3-5,11,14,16H,6-7H2,1-2H3/t11-/m0/s1. The fraction of sp³-hybridized carbons (Fsp3) is 0.462. The van der Waals surface area contributed by atoms with Gasteiger partial charge in [-0.25, -0.2) is 0 Å². The van der Waals surface area contributed by atoms with Crippen molar-refractivity contribution in [1.82, 2.24) is 10.4 Å². The maximum absolute atomic E-state index is 9.41. The van der Waals surface area contributed by atoms with Gasteiger partial charge >= 0.3 is 0 Å². The molecule has 2 aliphatic rings. The molecule has 0 unspecified atom stereocenters. The molecule has 3 rings (SSSR count). The first kappa shape index (κ1) is 13.9. The summed E-state index contributed by atoms with van der Waals surface area (Å²) < 4.78 is 11.3. The average molecular weight is 312 g/mol. The van der Waals surface area contributed by atoms with Gasteiger partial charge < -0.3 is 19.6 Å². The molecule has 1 fully saturated rings. The number of benzene rings is 1. The van der Waals surface area contributed by atoms with E-state index in [1.807, 2.05) is 23.1 Å². The van der Waals surface area contributed by atoms with E-state index in [2.05, 4.69) is 19.3 Å². The lowest BCUT2D eigenvalue weighted by molar-refractivity contribution is 0.0543. The number of rotatable bonds is 3. The van der Waals surface area contributed by atoms with Crippen LogP contribution in [0.3, 0.4) is 0 Å². The minimum Gasteiger partial charge on any atom is -0.454 e. The molecule has 0 aromatic heterocycles. The molecule has 2 N–H and O–H groups in total.